The molecule has 0 amide bonds. The average molecular weight is 377 g/mol. The van der Waals surface area contributed by atoms with Gasteiger partial charge in [-0.2, -0.15) is 0 Å². The number of aryl methyl sites for hydroxylation is 1. The average Bonchev–Trinajstić information content (AvgIpc) is 3.12. The second-order valence-electron chi connectivity index (χ2n) is 6.38. The molecular formula is C23H28N4O. The first-order chi connectivity index (χ1) is 13.7. The molecular weight excluding hydrogens is 348 g/mol. The summed E-state index contributed by atoms with van der Waals surface area (Å²) in [6, 6.07) is 6.62. The maximum Gasteiger partial charge on any atom is 0.138 e. The molecule has 0 spiro atoms. The van der Waals surface area contributed by atoms with Crippen molar-refractivity contribution in [3.8, 4) is 11.4 Å². The predicted octanol–water partition coefficient (Wildman–Crippen LogP) is 4.18. The molecule has 1 unspecified atom stereocenters. The Bertz CT molecular complexity index is 905. The minimum atomic E-state index is 0.234. The van der Waals surface area contributed by atoms with Crippen molar-refractivity contribution >= 4 is 18.4 Å². The summed E-state index contributed by atoms with van der Waals surface area (Å²) in [5.41, 5.74) is 6.43. The molecule has 1 atom stereocenters. The van der Waals surface area contributed by atoms with Gasteiger partial charge in [0.05, 0.1) is 5.69 Å². The summed E-state index contributed by atoms with van der Waals surface area (Å²) in [5.74, 6) is 0.867. The van der Waals surface area contributed by atoms with Crippen molar-refractivity contribution in [2.45, 2.75) is 19.4 Å². The molecule has 0 fully saturated rings. The molecule has 1 aromatic carbocycles. The number of allylic oxidation sites excluding steroid dienone is 4. The first-order valence-electron chi connectivity index (χ1n) is 9.18. The van der Waals surface area contributed by atoms with E-state index in [4.69, 9.17) is 9.78 Å². The van der Waals surface area contributed by atoms with Crippen molar-refractivity contribution in [2.24, 2.45) is 0 Å². The van der Waals surface area contributed by atoms with Gasteiger partial charge in [-0.3, -0.25) is 0 Å². The fourth-order valence-corrected chi connectivity index (χ4v) is 3.29. The molecule has 1 heterocycles. The van der Waals surface area contributed by atoms with Crippen LogP contribution < -0.4 is 10.6 Å². The van der Waals surface area contributed by atoms with Crippen LogP contribution in [0, 0.1) is 6.92 Å². The molecule has 0 saturated heterocycles. The molecule has 3 rings (SSSR count). The van der Waals surface area contributed by atoms with Crippen LogP contribution in [-0.4, -0.2) is 30.9 Å². The van der Waals surface area contributed by atoms with E-state index in [-0.39, 0.29) is 6.04 Å². The third-order valence-electron chi connectivity index (χ3n) is 4.64. The van der Waals surface area contributed by atoms with Crippen molar-refractivity contribution in [3.05, 3.63) is 77.8 Å². The zero-order chi connectivity index (χ0) is 20.5. The zero-order valence-electron chi connectivity index (χ0n) is 16.8. The van der Waals surface area contributed by atoms with Gasteiger partial charge < -0.3 is 20.4 Å². The van der Waals surface area contributed by atoms with Gasteiger partial charge in [-0.25, -0.2) is 4.98 Å². The summed E-state index contributed by atoms with van der Waals surface area (Å²) in [4.78, 5) is 16.2. The Kier molecular flexibility index (Phi) is 7.72. The SMILES string of the molecule is C=C1/C=C\C=C/CC(NC)c2cccc(-c3nc(/C=C\NC)c(C)[nH]3)c21.C=O. The molecule has 0 aliphatic heterocycles. The maximum absolute atomic E-state index is 8.00. The third kappa shape index (κ3) is 4.56. The van der Waals surface area contributed by atoms with Crippen LogP contribution in [0.25, 0.3) is 23.0 Å². The summed E-state index contributed by atoms with van der Waals surface area (Å²) in [6.07, 6.45) is 13.2. The minimum Gasteiger partial charge on any atom is -0.394 e. The highest BCUT2D eigenvalue weighted by molar-refractivity contribution is 5.85. The summed E-state index contributed by atoms with van der Waals surface area (Å²) in [7, 11) is 3.88. The Morgan fingerprint density at radius 2 is 2.04 bits per heavy atom. The van der Waals surface area contributed by atoms with Gasteiger partial charge in [-0.1, -0.05) is 49.1 Å². The lowest BCUT2D eigenvalue weighted by atomic mass is 9.89. The van der Waals surface area contributed by atoms with E-state index in [1.807, 2.05) is 40.1 Å². The van der Waals surface area contributed by atoms with E-state index in [1.165, 1.54) is 5.56 Å². The molecule has 3 N–H and O–H groups in total. The lowest BCUT2D eigenvalue weighted by Gasteiger charge is -2.21. The Morgan fingerprint density at radius 1 is 1.25 bits per heavy atom. The van der Waals surface area contributed by atoms with Gasteiger partial charge in [0.15, 0.2) is 0 Å². The van der Waals surface area contributed by atoms with Crippen molar-refractivity contribution in [1.29, 1.82) is 0 Å². The molecule has 2 aromatic rings. The molecule has 0 radical (unpaired) electrons. The fraction of sp³-hybridized carbons (Fsp3) is 0.217. The number of carbonyl (C=O) groups is 1. The van der Waals surface area contributed by atoms with Gasteiger partial charge >= 0.3 is 0 Å². The van der Waals surface area contributed by atoms with E-state index in [2.05, 4.69) is 64.7 Å². The van der Waals surface area contributed by atoms with Gasteiger partial charge in [-0.05, 0) is 49.4 Å². The van der Waals surface area contributed by atoms with E-state index < -0.39 is 0 Å². The molecule has 0 saturated carbocycles. The van der Waals surface area contributed by atoms with Crippen LogP contribution in [0.2, 0.25) is 0 Å². The van der Waals surface area contributed by atoms with Crippen molar-refractivity contribution in [3.63, 3.8) is 0 Å². The number of rotatable bonds is 4. The highest BCUT2D eigenvalue weighted by atomic mass is 16.1. The first kappa shape index (κ1) is 21.1. The van der Waals surface area contributed by atoms with Crippen LogP contribution in [-0.2, 0) is 4.79 Å². The zero-order valence-corrected chi connectivity index (χ0v) is 16.8. The number of aromatic nitrogens is 2. The second-order valence-corrected chi connectivity index (χ2v) is 6.38. The number of fused-ring (bicyclic) bond motifs is 1. The van der Waals surface area contributed by atoms with Crippen LogP contribution in [0.3, 0.4) is 0 Å². The number of imidazole rings is 1. The topological polar surface area (TPSA) is 69.8 Å². The fourth-order valence-electron chi connectivity index (χ4n) is 3.29. The summed E-state index contributed by atoms with van der Waals surface area (Å²) in [5, 5.41) is 6.44. The van der Waals surface area contributed by atoms with Gasteiger partial charge in [0, 0.05) is 24.3 Å². The molecule has 146 valence electrons. The molecule has 5 heteroatoms. The summed E-state index contributed by atoms with van der Waals surface area (Å²) < 4.78 is 0. The van der Waals surface area contributed by atoms with E-state index >= 15 is 0 Å². The van der Waals surface area contributed by atoms with Crippen molar-refractivity contribution in [2.75, 3.05) is 14.1 Å². The second kappa shape index (κ2) is 10.2. The Hall–Kier alpha value is -3.18. The van der Waals surface area contributed by atoms with E-state index in [0.29, 0.717) is 0 Å². The molecule has 1 aliphatic carbocycles. The number of H-pyrrole nitrogens is 1. The smallest absolute Gasteiger partial charge is 0.138 e. The largest absolute Gasteiger partial charge is 0.394 e. The first-order valence-corrected chi connectivity index (χ1v) is 9.18. The van der Waals surface area contributed by atoms with Crippen LogP contribution in [0.4, 0.5) is 0 Å². The standard InChI is InChI=1S/C22H26N4.CH2O/c1-15-9-6-5-7-12-20(24-4)17-10-8-11-18(21(15)17)22-25-16(2)19(26-22)13-14-23-3;1-2/h5-11,13-14,20,23-24H,1,12H2,2-4H3,(H,25,26);1H2/b7-5-,9-6-,14-13-;. The van der Waals surface area contributed by atoms with Crippen LogP contribution in [0.1, 0.15) is 35.0 Å². The normalized spacial score (nSPS) is 18.2. The summed E-state index contributed by atoms with van der Waals surface area (Å²) in [6.45, 7) is 8.36. The lowest BCUT2D eigenvalue weighted by Crippen LogP contribution is -2.17. The number of benzene rings is 1. The highest BCUT2D eigenvalue weighted by Crippen LogP contribution is 2.35. The van der Waals surface area contributed by atoms with E-state index in [1.54, 1.807) is 0 Å². The molecule has 28 heavy (non-hydrogen) atoms. The molecule has 0 bridgehead atoms. The summed E-state index contributed by atoms with van der Waals surface area (Å²) >= 11 is 0. The van der Waals surface area contributed by atoms with Gasteiger partial charge in [0.2, 0.25) is 0 Å². The van der Waals surface area contributed by atoms with Crippen LogP contribution >= 0.6 is 0 Å². The number of hydrogen-bond donors (Lipinski definition) is 3. The van der Waals surface area contributed by atoms with E-state index in [9.17, 15) is 0 Å². The van der Waals surface area contributed by atoms with Crippen molar-refractivity contribution < 1.29 is 4.79 Å². The number of nitrogens with zero attached hydrogens (tertiary/aromatic N) is 1. The third-order valence-corrected chi connectivity index (χ3v) is 4.64. The van der Waals surface area contributed by atoms with Gasteiger partial charge in [0.1, 0.15) is 12.6 Å². The number of carbonyl (C=O) groups excluding carboxylic acids is 1. The Morgan fingerprint density at radius 3 is 2.75 bits per heavy atom. The van der Waals surface area contributed by atoms with Gasteiger partial charge in [-0.15, -0.1) is 0 Å². The van der Waals surface area contributed by atoms with E-state index in [0.717, 1.165) is 40.3 Å². The van der Waals surface area contributed by atoms with Crippen molar-refractivity contribution in [1.82, 2.24) is 20.6 Å². The minimum absolute atomic E-state index is 0.234. The maximum atomic E-state index is 8.00. The van der Waals surface area contributed by atoms with Crippen LogP contribution in [0.15, 0.2) is 55.3 Å². The monoisotopic (exact) mass is 376 g/mol. The Labute approximate surface area is 167 Å². The van der Waals surface area contributed by atoms with Gasteiger partial charge in [0.25, 0.3) is 0 Å². The number of hydrogen-bond acceptors (Lipinski definition) is 4. The number of aromatic amines is 1. The quantitative estimate of drug-likeness (QED) is 0.749. The highest BCUT2D eigenvalue weighted by Gasteiger charge is 2.20. The predicted molar refractivity (Wildman–Crippen MR) is 118 cm³/mol. The van der Waals surface area contributed by atoms with Crippen LogP contribution in [0.5, 0.6) is 0 Å². The molecule has 1 aromatic heterocycles. The lowest BCUT2D eigenvalue weighted by molar-refractivity contribution is -0.0979. The number of nitrogens with one attached hydrogen (secondary N) is 3. The molecule has 1 aliphatic rings. The molecule has 5 nitrogen and oxygen atoms in total. The Balaban J connectivity index is 0.00000136.